The Morgan fingerprint density at radius 2 is 1.91 bits per heavy atom. The van der Waals surface area contributed by atoms with Gasteiger partial charge < -0.3 is 10.2 Å². The van der Waals surface area contributed by atoms with Crippen LogP contribution in [0.25, 0.3) is 16.0 Å². The first kappa shape index (κ1) is 20.7. The number of amides is 1. The molecule has 1 N–H and O–H groups in total. The number of hydrogen-bond donors (Lipinski definition) is 1. The van der Waals surface area contributed by atoms with E-state index < -0.39 is 0 Å². The van der Waals surface area contributed by atoms with Crippen LogP contribution in [-0.4, -0.2) is 33.8 Å². The molecule has 0 aliphatic carbocycles. The van der Waals surface area contributed by atoms with Crippen molar-refractivity contribution in [3.05, 3.63) is 71.4 Å². The number of aryl methyl sites for hydroxylation is 2. The van der Waals surface area contributed by atoms with Crippen molar-refractivity contribution >= 4 is 32.7 Å². The molecule has 1 atom stereocenters. The Labute approximate surface area is 191 Å². The summed E-state index contributed by atoms with van der Waals surface area (Å²) >= 11 is 1.67. The summed E-state index contributed by atoms with van der Waals surface area (Å²) in [4.78, 5) is 20.1. The summed E-state index contributed by atoms with van der Waals surface area (Å²) in [7, 11) is 0. The number of para-hydroxylation sites is 1. The van der Waals surface area contributed by atoms with Gasteiger partial charge in [-0.15, -0.1) is 0 Å². The Morgan fingerprint density at radius 1 is 1.12 bits per heavy atom. The maximum absolute atomic E-state index is 12.9. The summed E-state index contributed by atoms with van der Waals surface area (Å²) in [5.74, 6) is 0.107. The molecule has 0 spiro atoms. The second-order valence-corrected chi connectivity index (χ2v) is 9.45. The molecule has 1 aliphatic rings. The number of aromatic nitrogens is 3. The third-order valence-corrected chi connectivity index (χ3v) is 7.24. The van der Waals surface area contributed by atoms with Crippen LogP contribution in [0.4, 0.5) is 5.13 Å². The molecule has 32 heavy (non-hydrogen) atoms. The molecule has 4 aromatic rings. The molecule has 1 fully saturated rings. The number of thiazole rings is 1. The van der Waals surface area contributed by atoms with Crippen LogP contribution in [0.3, 0.4) is 0 Å². The van der Waals surface area contributed by atoms with E-state index >= 15 is 0 Å². The molecule has 1 aliphatic heterocycles. The normalized spacial score (nSPS) is 16.4. The Bertz CT molecular complexity index is 1230. The second-order valence-electron chi connectivity index (χ2n) is 8.47. The molecule has 0 bridgehead atoms. The highest BCUT2D eigenvalue weighted by atomic mass is 32.1. The SMILES string of the molecule is Cc1ccc(CNC(=O)[C@H]2CCCN(c3nc4c(s3)c(C)nn4-c3ccccc3)C2)cc1. The third kappa shape index (κ3) is 4.12. The average Bonchev–Trinajstić information content (AvgIpc) is 3.40. The van der Waals surface area contributed by atoms with Crippen LogP contribution in [0.15, 0.2) is 54.6 Å². The molecule has 0 unspecified atom stereocenters. The van der Waals surface area contributed by atoms with Gasteiger partial charge in [-0.2, -0.15) is 10.1 Å². The molecule has 1 amide bonds. The van der Waals surface area contributed by atoms with E-state index in [1.165, 1.54) is 5.56 Å². The lowest BCUT2D eigenvalue weighted by molar-refractivity contribution is -0.125. The van der Waals surface area contributed by atoms with E-state index in [0.717, 1.165) is 51.8 Å². The minimum atomic E-state index is -0.0204. The lowest BCUT2D eigenvalue weighted by Crippen LogP contribution is -2.43. The Balaban J connectivity index is 1.31. The zero-order valence-corrected chi connectivity index (χ0v) is 19.2. The second kappa shape index (κ2) is 8.74. The van der Waals surface area contributed by atoms with Crippen LogP contribution in [0, 0.1) is 19.8 Å². The average molecular weight is 446 g/mol. The predicted octanol–water partition coefficient (Wildman–Crippen LogP) is 4.63. The third-order valence-electron chi connectivity index (χ3n) is 6.03. The van der Waals surface area contributed by atoms with Crippen molar-refractivity contribution in [3.63, 3.8) is 0 Å². The lowest BCUT2D eigenvalue weighted by Gasteiger charge is -2.31. The van der Waals surface area contributed by atoms with Gasteiger partial charge in [-0.1, -0.05) is 59.4 Å². The first-order valence-electron chi connectivity index (χ1n) is 11.1. The fourth-order valence-corrected chi connectivity index (χ4v) is 5.23. The molecule has 6 nitrogen and oxygen atoms in total. The quantitative estimate of drug-likeness (QED) is 0.486. The van der Waals surface area contributed by atoms with Crippen molar-refractivity contribution in [1.29, 1.82) is 0 Å². The molecule has 7 heteroatoms. The fraction of sp³-hybridized carbons (Fsp3) is 0.320. The number of fused-ring (bicyclic) bond motifs is 1. The summed E-state index contributed by atoms with van der Waals surface area (Å²) < 4.78 is 3.02. The number of nitrogens with zero attached hydrogens (tertiary/aromatic N) is 4. The number of anilines is 1. The van der Waals surface area contributed by atoms with Crippen LogP contribution >= 0.6 is 11.3 Å². The van der Waals surface area contributed by atoms with Crippen LogP contribution in [0.2, 0.25) is 0 Å². The van der Waals surface area contributed by atoms with Crippen molar-refractivity contribution in [3.8, 4) is 5.69 Å². The molecule has 2 aromatic carbocycles. The molecule has 0 radical (unpaired) electrons. The minimum absolute atomic E-state index is 0.0204. The van der Waals surface area contributed by atoms with Crippen LogP contribution in [0.1, 0.15) is 29.7 Å². The molecular formula is C25H27N5OS. The number of carbonyl (C=O) groups excluding carboxylic acids is 1. The van der Waals surface area contributed by atoms with Crippen molar-refractivity contribution in [2.24, 2.45) is 5.92 Å². The zero-order chi connectivity index (χ0) is 22.1. The molecule has 164 valence electrons. The van der Waals surface area contributed by atoms with Gasteiger partial charge in [-0.05, 0) is 44.4 Å². The van der Waals surface area contributed by atoms with Gasteiger partial charge in [0, 0.05) is 19.6 Å². The summed E-state index contributed by atoms with van der Waals surface area (Å²) in [5.41, 5.74) is 5.24. The summed E-state index contributed by atoms with van der Waals surface area (Å²) in [5, 5.41) is 8.79. The van der Waals surface area contributed by atoms with E-state index in [4.69, 9.17) is 4.98 Å². The number of benzene rings is 2. The molecule has 0 saturated carbocycles. The molecule has 1 saturated heterocycles. The van der Waals surface area contributed by atoms with Gasteiger partial charge in [-0.3, -0.25) is 4.79 Å². The van der Waals surface area contributed by atoms with E-state index in [1.807, 2.05) is 41.9 Å². The van der Waals surface area contributed by atoms with Crippen molar-refractivity contribution in [2.75, 3.05) is 18.0 Å². The number of nitrogens with one attached hydrogen (secondary N) is 1. The summed E-state index contributed by atoms with van der Waals surface area (Å²) in [6.07, 6.45) is 1.90. The van der Waals surface area contributed by atoms with Crippen molar-refractivity contribution in [2.45, 2.75) is 33.2 Å². The van der Waals surface area contributed by atoms with E-state index in [2.05, 4.69) is 46.5 Å². The highest BCUT2D eigenvalue weighted by Gasteiger charge is 2.28. The standard InChI is InChI=1S/C25H27N5OS/c1-17-10-12-19(13-11-17)15-26-24(31)20-7-6-14-29(16-20)25-27-23-22(32-25)18(2)28-30(23)21-8-4-3-5-9-21/h3-5,8-13,20H,6-7,14-16H2,1-2H3,(H,26,31)/t20-/m0/s1. The Kier molecular flexibility index (Phi) is 5.66. The zero-order valence-electron chi connectivity index (χ0n) is 18.4. The van der Waals surface area contributed by atoms with Gasteiger partial charge in [0.1, 0.15) is 0 Å². The van der Waals surface area contributed by atoms with Crippen molar-refractivity contribution in [1.82, 2.24) is 20.1 Å². The van der Waals surface area contributed by atoms with Gasteiger partial charge in [0.25, 0.3) is 0 Å². The molecule has 5 rings (SSSR count). The maximum Gasteiger partial charge on any atom is 0.225 e. The summed E-state index contributed by atoms with van der Waals surface area (Å²) in [6, 6.07) is 18.4. The van der Waals surface area contributed by atoms with E-state index in [9.17, 15) is 4.79 Å². The van der Waals surface area contributed by atoms with E-state index in [0.29, 0.717) is 13.1 Å². The Hall–Kier alpha value is -3.19. The number of rotatable bonds is 5. The first-order valence-corrected chi connectivity index (χ1v) is 11.9. The molecule has 3 heterocycles. The number of piperidine rings is 1. The minimum Gasteiger partial charge on any atom is -0.352 e. The van der Waals surface area contributed by atoms with Crippen LogP contribution < -0.4 is 10.2 Å². The predicted molar refractivity (Wildman–Crippen MR) is 129 cm³/mol. The highest BCUT2D eigenvalue weighted by Crippen LogP contribution is 2.34. The summed E-state index contributed by atoms with van der Waals surface area (Å²) in [6.45, 7) is 6.30. The van der Waals surface area contributed by atoms with Gasteiger partial charge in [0.15, 0.2) is 10.8 Å². The van der Waals surface area contributed by atoms with Gasteiger partial charge in [0.05, 0.1) is 22.0 Å². The van der Waals surface area contributed by atoms with E-state index in [-0.39, 0.29) is 11.8 Å². The van der Waals surface area contributed by atoms with Gasteiger partial charge in [0.2, 0.25) is 5.91 Å². The largest absolute Gasteiger partial charge is 0.352 e. The van der Waals surface area contributed by atoms with Crippen LogP contribution in [-0.2, 0) is 11.3 Å². The topological polar surface area (TPSA) is 63.1 Å². The lowest BCUT2D eigenvalue weighted by atomic mass is 9.97. The highest BCUT2D eigenvalue weighted by molar-refractivity contribution is 7.22. The fourth-order valence-electron chi connectivity index (χ4n) is 4.21. The molecular weight excluding hydrogens is 418 g/mol. The van der Waals surface area contributed by atoms with Gasteiger partial charge in [-0.25, -0.2) is 4.68 Å². The van der Waals surface area contributed by atoms with Crippen molar-refractivity contribution < 1.29 is 4.79 Å². The monoisotopic (exact) mass is 445 g/mol. The number of hydrogen-bond acceptors (Lipinski definition) is 5. The maximum atomic E-state index is 12.9. The Morgan fingerprint density at radius 3 is 2.69 bits per heavy atom. The molecule has 2 aromatic heterocycles. The van der Waals surface area contributed by atoms with Crippen LogP contribution in [0.5, 0.6) is 0 Å². The smallest absolute Gasteiger partial charge is 0.225 e. The first-order chi connectivity index (χ1) is 15.6. The number of carbonyl (C=O) groups is 1. The van der Waals surface area contributed by atoms with E-state index in [1.54, 1.807) is 11.3 Å². The van der Waals surface area contributed by atoms with Gasteiger partial charge >= 0.3 is 0 Å².